The second-order valence-electron chi connectivity index (χ2n) is 4.68. The number of thiophene rings is 1. The van der Waals surface area contributed by atoms with Crippen LogP contribution in [0.1, 0.15) is 12.5 Å². The van der Waals surface area contributed by atoms with Crippen molar-refractivity contribution >= 4 is 27.1 Å². The highest BCUT2D eigenvalue weighted by molar-refractivity contribution is 7.17. The second kappa shape index (κ2) is 6.14. The summed E-state index contributed by atoms with van der Waals surface area (Å²) >= 11 is 1.73. The summed E-state index contributed by atoms with van der Waals surface area (Å²) in [6, 6.07) is 12.9. The summed E-state index contributed by atoms with van der Waals surface area (Å²) < 4.78 is 20.0. The molecule has 108 valence electrons. The van der Waals surface area contributed by atoms with Gasteiger partial charge in [-0.05, 0) is 41.5 Å². The monoisotopic (exact) mass is 301 g/mol. The lowest BCUT2D eigenvalue weighted by molar-refractivity contribution is 0.340. The first-order chi connectivity index (χ1) is 10.3. The highest BCUT2D eigenvalue weighted by Crippen LogP contribution is 2.29. The van der Waals surface area contributed by atoms with Crippen molar-refractivity contribution in [1.82, 2.24) is 0 Å². The fourth-order valence-electron chi connectivity index (χ4n) is 2.28. The van der Waals surface area contributed by atoms with E-state index >= 15 is 0 Å². The first-order valence-electron chi connectivity index (χ1n) is 6.89. The van der Waals surface area contributed by atoms with E-state index in [1.165, 1.54) is 27.8 Å². The zero-order chi connectivity index (χ0) is 14.7. The summed E-state index contributed by atoms with van der Waals surface area (Å²) in [6.45, 7) is 3.09. The van der Waals surface area contributed by atoms with Crippen molar-refractivity contribution in [2.45, 2.75) is 13.5 Å². The maximum absolute atomic E-state index is 13.3. The van der Waals surface area contributed by atoms with E-state index in [1.807, 2.05) is 19.1 Å². The van der Waals surface area contributed by atoms with Crippen LogP contribution in [0.2, 0.25) is 0 Å². The van der Waals surface area contributed by atoms with Crippen molar-refractivity contribution in [3.05, 3.63) is 59.2 Å². The molecule has 0 radical (unpaired) electrons. The highest BCUT2D eigenvalue weighted by atomic mass is 32.1. The Balaban J connectivity index is 1.81. The van der Waals surface area contributed by atoms with Crippen molar-refractivity contribution < 1.29 is 9.13 Å². The average Bonchev–Trinajstić information content (AvgIpc) is 2.90. The topological polar surface area (TPSA) is 21.3 Å². The van der Waals surface area contributed by atoms with Crippen LogP contribution in [0.25, 0.3) is 10.1 Å². The van der Waals surface area contributed by atoms with Crippen LogP contribution in [0.4, 0.5) is 10.1 Å². The molecule has 0 aliphatic carbocycles. The second-order valence-corrected chi connectivity index (χ2v) is 5.60. The summed E-state index contributed by atoms with van der Waals surface area (Å²) in [5.41, 5.74) is 2.05. The van der Waals surface area contributed by atoms with Crippen LogP contribution in [-0.2, 0) is 6.54 Å². The molecule has 0 amide bonds. The third kappa shape index (κ3) is 3.00. The minimum absolute atomic E-state index is 0.287. The van der Waals surface area contributed by atoms with Gasteiger partial charge in [-0.15, -0.1) is 11.3 Å². The number of nitrogens with one attached hydrogen (secondary N) is 1. The third-order valence-corrected chi connectivity index (χ3v) is 4.29. The highest BCUT2D eigenvalue weighted by Gasteiger charge is 2.07. The third-order valence-electron chi connectivity index (χ3n) is 3.27. The normalized spacial score (nSPS) is 10.8. The molecule has 0 aliphatic rings. The van der Waals surface area contributed by atoms with Crippen molar-refractivity contribution in [3.8, 4) is 5.75 Å². The molecule has 1 N–H and O–H groups in total. The summed E-state index contributed by atoms with van der Waals surface area (Å²) in [5, 5.41) is 6.75. The minimum Gasteiger partial charge on any atom is -0.492 e. The molecule has 0 atom stereocenters. The van der Waals surface area contributed by atoms with E-state index in [9.17, 15) is 4.39 Å². The fraction of sp³-hybridized carbons (Fsp3) is 0.176. The van der Waals surface area contributed by atoms with Crippen LogP contribution in [0.3, 0.4) is 0 Å². The van der Waals surface area contributed by atoms with Crippen LogP contribution < -0.4 is 10.1 Å². The molecule has 21 heavy (non-hydrogen) atoms. The minimum atomic E-state index is -0.287. The van der Waals surface area contributed by atoms with Crippen LogP contribution in [0.15, 0.2) is 47.8 Å². The Morgan fingerprint density at radius 2 is 2.05 bits per heavy atom. The summed E-state index contributed by atoms with van der Waals surface area (Å²) in [6.07, 6.45) is 0. The number of anilines is 1. The van der Waals surface area contributed by atoms with E-state index in [1.54, 1.807) is 17.4 Å². The van der Waals surface area contributed by atoms with E-state index < -0.39 is 0 Å². The molecule has 1 heterocycles. The van der Waals surface area contributed by atoms with E-state index in [4.69, 9.17) is 4.74 Å². The van der Waals surface area contributed by atoms with Gasteiger partial charge in [-0.1, -0.05) is 18.2 Å². The molecule has 0 spiro atoms. The van der Waals surface area contributed by atoms with Gasteiger partial charge < -0.3 is 10.1 Å². The van der Waals surface area contributed by atoms with Gasteiger partial charge in [0.15, 0.2) is 0 Å². The van der Waals surface area contributed by atoms with Gasteiger partial charge >= 0.3 is 0 Å². The number of benzene rings is 2. The van der Waals surface area contributed by atoms with E-state index in [0.717, 1.165) is 5.69 Å². The molecule has 0 saturated carbocycles. The van der Waals surface area contributed by atoms with Gasteiger partial charge in [-0.2, -0.15) is 0 Å². The molecule has 0 saturated heterocycles. The van der Waals surface area contributed by atoms with Gasteiger partial charge in [0.25, 0.3) is 0 Å². The van der Waals surface area contributed by atoms with Gasteiger partial charge in [0.05, 0.1) is 12.3 Å². The lowest BCUT2D eigenvalue weighted by Crippen LogP contribution is -2.02. The molecule has 1 aromatic heterocycles. The maximum Gasteiger partial charge on any atom is 0.145 e. The molecule has 3 rings (SSSR count). The molecule has 0 bridgehead atoms. The standard InChI is InChI=1S/C17H16FNOS/c1-2-20-16-9-13(18)7-8-15(16)19-10-12-11-21-17-6-4-3-5-14(12)17/h3-9,11,19H,2,10H2,1H3. The molecule has 2 nitrogen and oxygen atoms in total. The number of halogens is 1. The molecule has 0 unspecified atom stereocenters. The predicted molar refractivity (Wildman–Crippen MR) is 86.7 cm³/mol. The van der Waals surface area contributed by atoms with Crippen LogP contribution in [-0.4, -0.2) is 6.61 Å². The Kier molecular flexibility index (Phi) is 4.06. The van der Waals surface area contributed by atoms with Gasteiger partial charge in [-0.25, -0.2) is 4.39 Å². The van der Waals surface area contributed by atoms with Crippen LogP contribution in [0.5, 0.6) is 5.75 Å². The van der Waals surface area contributed by atoms with Crippen LogP contribution >= 0.6 is 11.3 Å². The van der Waals surface area contributed by atoms with Gasteiger partial charge in [-0.3, -0.25) is 0 Å². The zero-order valence-electron chi connectivity index (χ0n) is 11.7. The van der Waals surface area contributed by atoms with E-state index in [-0.39, 0.29) is 5.82 Å². The fourth-order valence-corrected chi connectivity index (χ4v) is 3.24. The maximum atomic E-state index is 13.3. The predicted octanol–water partition coefficient (Wildman–Crippen LogP) is 5.05. The van der Waals surface area contributed by atoms with Crippen LogP contribution in [0, 0.1) is 5.82 Å². The molecule has 3 aromatic rings. The quantitative estimate of drug-likeness (QED) is 0.712. The molecule has 0 fully saturated rings. The summed E-state index contributed by atoms with van der Waals surface area (Å²) in [4.78, 5) is 0. The lowest BCUT2D eigenvalue weighted by atomic mass is 10.2. The molecule has 4 heteroatoms. The van der Waals surface area contributed by atoms with E-state index in [2.05, 4.69) is 22.8 Å². The summed E-state index contributed by atoms with van der Waals surface area (Å²) in [5.74, 6) is 0.266. The van der Waals surface area contributed by atoms with Gasteiger partial charge in [0.2, 0.25) is 0 Å². The number of ether oxygens (including phenoxy) is 1. The molecular weight excluding hydrogens is 285 g/mol. The SMILES string of the molecule is CCOc1cc(F)ccc1NCc1csc2ccccc12. The average molecular weight is 301 g/mol. The number of hydrogen-bond donors (Lipinski definition) is 1. The lowest BCUT2D eigenvalue weighted by Gasteiger charge is -2.12. The van der Waals surface area contributed by atoms with Crippen molar-refractivity contribution in [3.63, 3.8) is 0 Å². The van der Waals surface area contributed by atoms with Gasteiger partial charge in [0.1, 0.15) is 11.6 Å². The van der Waals surface area contributed by atoms with Crippen molar-refractivity contribution in [2.75, 3.05) is 11.9 Å². The largest absolute Gasteiger partial charge is 0.492 e. The van der Waals surface area contributed by atoms with Crippen molar-refractivity contribution in [1.29, 1.82) is 0 Å². The Labute approximate surface area is 127 Å². The Morgan fingerprint density at radius 3 is 2.90 bits per heavy atom. The molecule has 2 aromatic carbocycles. The first kappa shape index (κ1) is 13.9. The van der Waals surface area contributed by atoms with Crippen molar-refractivity contribution in [2.24, 2.45) is 0 Å². The zero-order valence-corrected chi connectivity index (χ0v) is 12.5. The summed E-state index contributed by atoms with van der Waals surface area (Å²) in [7, 11) is 0. The smallest absolute Gasteiger partial charge is 0.145 e. The number of rotatable bonds is 5. The van der Waals surface area contributed by atoms with E-state index in [0.29, 0.717) is 18.9 Å². The Bertz CT molecular complexity index is 753. The van der Waals surface area contributed by atoms with Gasteiger partial charge in [0, 0.05) is 17.3 Å². The Morgan fingerprint density at radius 1 is 1.19 bits per heavy atom. The number of fused-ring (bicyclic) bond motifs is 1. The first-order valence-corrected chi connectivity index (χ1v) is 7.77. The molecular formula is C17H16FNOS. The number of hydrogen-bond acceptors (Lipinski definition) is 3. The molecule has 0 aliphatic heterocycles. The Hall–Kier alpha value is -2.07.